The molecule has 1 aromatic heterocycles. The summed E-state index contributed by atoms with van der Waals surface area (Å²) in [6.45, 7) is 7.89. The van der Waals surface area contributed by atoms with E-state index in [2.05, 4.69) is 10.3 Å². The Morgan fingerprint density at radius 3 is 2.55 bits per heavy atom. The van der Waals surface area contributed by atoms with Crippen molar-refractivity contribution < 1.29 is 14.7 Å². The van der Waals surface area contributed by atoms with Gasteiger partial charge in [0.15, 0.2) is 0 Å². The van der Waals surface area contributed by atoms with E-state index in [1.807, 2.05) is 20.8 Å². The Kier molecular flexibility index (Phi) is 5.25. The van der Waals surface area contributed by atoms with E-state index in [0.717, 1.165) is 5.56 Å². The van der Waals surface area contributed by atoms with Crippen LogP contribution in [0.2, 0.25) is 0 Å². The molecule has 0 spiro atoms. The molecule has 0 aliphatic rings. The third-order valence-corrected chi connectivity index (χ3v) is 3.01. The molecule has 1 atom stereocenters. The number of aryl methyl sites for hydroxylation is 1. The molecule has 1 amide bonds. The number of nitrogens with zero attached hydrogens (tertiary/aromatic N) is 1. The Balaban J connectivity index is 2.74. The highest BCUT2D eigenvalue weighted by Gasteiger charge is 2.24. The summed E-state index contributed by atoms with van der Waals surface area (Å²) in [5, 5.41) is 11.7. The second kappa shape index (κ2) is 6.50. The summed E-state index contributed by atoms with van der Waals surface area (Å²) < 4.78 is 0. The van der Waals surface area contributed by atoms with Crippen molar-refractivity contribution in [2.45, 2.75) is 46.6 Å². The molecule has 1 aromatic rings. The molecule has 110 valence electrons. The second-order valence-corrected chi connectivity index (χ2v) is 6.13. The van der Waals surface area contributed by atoms with Gasteiger partial charge in [-0.25, -0.2) is 4.79 Å². The van der Waals surface area contributed by atoms with Gasteiger partial charge in [0.25, 0.3) is 5.91 Å². The van der Waals surface area contributed by atoms with E-state index in [0.29, 0.717) is 12.8 Å². The lowest BCUT2D eigenvalue weighted by molar-refractivity contribution is -0.139. The van der Waals surface area contributed by atoms with Crippen molar-refractivity contribution in [2.24, 2.45) is 5.41 Å². The van der Waals surface area contributed by atoms with Crippen LogP contribution in [-0.4, -0.2) is 28.0 Å². The minimum Gasteiger partial charge on any atom is -0.480 e. The summed E-state index contributed by atoms with van der Waals surface area (Å²) in [5.41, 5.74) is 1.03. The third kappa shape index (κ3) is 4.99. The van der Waals surface area contributed by atoms with Gasteiger partial charge in [0.2, 0.25) is 0 Å². The molecule has 5 heteroatoms. The van der Waals surface area contributed by atoms with E-state index in [1.165, 1.54) is 6.20 Å². The number of aromatic nitrogens is 1. The molecule has 0 fully saturated rings. The van der Waals surface area contributed by atoms with Gasteiger partial charge in [0.05, 0.1) is 0 Å². The molecule has 2 N–H and O–H groups in total. The lowest BCUT2D eigenvalue weighted by Gasteiger charge is -2.21. The minimum atomic E-state index is -1.02. The number of hydrogen-bond acceptors (Lipinski definition) is 3. The van der Waals surface area contributed by atoms with Crippen LogP contribution in [0, 0.1) is 12.3 Å². The van der Waals surface area contributed by atoms with Gasteiger partial charge >= 0.3 is 5.97 Å². The van der Waals surface area contributed by atoms with Crippen molar-refractivity contribution in [1.82, 2.24) is 10.3 Å². The van der Waals surface area contributed by atoms with Crippen LogP contribution in [-0.2, 0) is 4.79 Å². The standard InChI is InChI=1S/C15H22N2O3/c1-10-6-5-9-16-12(10)13(18)17-11(14(19)20)7-8-15(2,3)4/h5-6,9,11H,7-8H2,1-4H3,(H,17,18)(H,19,20). The molecule has 0 saturated carbocycles. The summed E-state index contributed by atoms with van der Waals surface area (Å²) in [5.74, 6) is -1.46. The molecular formula is C15H22N2O3. The normalized spacial score (nSPS) is 12.8. The van der Waals surface area contributed by atoms with Crippen LogP contribution in [0.25, 0.3) is 0 Å². The van der Waals surface area contributed by atoms with E-state index >= 15 is 0 Å². The first kappa shape index (κ1) is 16.1. The summed E-state index contributed by atoms with van der Waals surface area (Å²) >= 11 is 0. The maximum Gasteiger partial charge on any atom is 0.326 e. The topological polar surface area (TPSA) is 79.3 Å². The predicted molar refractivity (Wildman–Crippen MR) is 76.6 cm³/mol. The molecule has 1 rings (SSSR count). The molecule has 0 bridgehead atoms. The summed E-state index contributed by atoms with van der Waals surface area (Å²) in [6.07, 6.45) is 2.63. The van der Waals surface area contributed by atoms with Gasteiger partial charge in [-0.1, -0.05) is 26.8 Å². The summed E-state index contributed by atoms with van der Waals surface area (Å²) in [6, 6.07) is 2.62. The first-order valence-electron chi connectivity index (χ1n) is 6.66. The number of amides is 1. The fourth-order valence-electron chi connectivity index (χ4n) is 1.78. The Labute approximate surface area is 119 Å². The van der Waals surface area contributed by atoms with E-state index in [1.54, 1.807) is 19.1 Å². The van der Waals surface area contributed by atoms with Gasteiger partial charge in [-0.05, 0) is 36.8 Å². The van der Waals surface area contributed by atoms with Crippen LogP contribution in [0.1, 0.15) is 49.7 Å². The zero-order chi connectivity index (χ0) is 15.3. The quantitative estimate of drug-likeness (QED) is 0.866. The SMILES string of the molecule is Cc1cccnc1C(=O)NC(CCC(C)(C)C)C(=O)O. The second-order valence-electron chi connectivity index (χ2n) is 6.13. The van der Waals surface area contributed by atoms with Crippen LogP contribution in [0.3, 0.4) is 0 Å². The number of carboxylic acid groups (broad SMARTS) is 1. The highest BCUT2D eigenvalue weighted by atomic mass is 16.4. The summed E-state index contributed by atoms with van der Waals surface area (Å²) in [7, 11) is 0. The zero-order valence-electron chi connectivity index (χ0n) is 12.4. The number of carboxylic acids is 1. The smallest absolute Gasteiger partial charge is 0.326 e. The number of nitrogens with one attached hydrogen (secondary N) is 1. The number of hydrogen-bond donors (Lipinski definition) is 2. The fourth-order valence-corrected chi connectivity index (χ4v) is 1.78. The van der Waals surface area contributed by atoms with E-state index in [4.69, 9.17) is 0 Å². The third-order valence-electron chi connectivity index (χ3n) is 3.01. The average Bonchev–Trinajstić information content (AvgIpc) is 2.33. The Hall–Kier alpha value is -1.91. The van der Waals surface area contributed by atoms with Crippen molar-refractivity contribution in [2.75, 3.05) is 0 Å². The van der Waals surface area contributed by atoms with Crippen LogP contribution in [0.15, 0.2) is 18.3 Å². The molecule has 1 heterocycles. The number of aliphatic carboxylic acids is 1. The molecule has 0 aliphatic carbocycles. The fraction of sp³-hybridized carbons (Fsp3) is 0.533. The zero-order valence-corrected chi connectivity index (χ0v) is 12.4. The maximum atomic E-state index is 12.1. The first-order valence-corrected chi connectivity index (χ1v) is 6.66. The van der Waals surface area contributed by atoms with Gasteiger partial charge in [-0.2, -0.15) is 0 Å². The molecule has 0 aromatic carbocycles. The Morgan fingerprint density at radius 1 is 1.40 bits per heavy atom. The first-order chi connectivity index (χ1) is 9.20. The van der Waals surface area contributed by atoms with Gasteiger partial charge in [-0.3, -0.25) is 9.78 Å². The van der Waals surface area contributed by atoms with Crippen molar-refractivity contribution >= 4 is 11.9 Å². The largest absolute Gasteiger partial charge is 0.480 e. The van der Waals surface area contributed by atoms with Crippen molar-refractivity contribution in [3.8, 4) is 0 Å². The lowest BCUT2D eigenvalue weighted by atomic mass is 9.88. The highest BCUT2D eigenvalue weighted by Crippen LogP contribution is 2.21. The van der Waals surface area contributed by atoms with E-state index in [9.17, 15) is 14.7 Å². The van der Waals surface area contributed by atoms with Gasteiger partial charge in [0.1, 0.15) is 11.7 Å². The van der Waals surface area contributed by atoms with Crippen molar-refractivity contribution in [1.29, 1.82) is 0 Å². The van der Waals surface area contributed by atoms with Crippen LogP contribution < -0.4 is 5.32 Å². The minimum absolute atomic E-state index is 0.0271. The van der Waals surface area contributed by atoms with Gasteiger partial charge in [0, 0.05) is 6.20 Å². The molecule has 5 nitrogen and oxygen atoms in total. The molecule has 1 unspecified atom stereocenters. The summed E-state index contributed by atoms with van der Waals surface area (Å²) in [4.78, 5) is 27.3. The van der Waals surface area contributed by atoms with Crippen molar-refractivity contribution in [3.63, 3.8) is 0 Å². The van der Waals surface area contributed by atoms with E-state index in [-0.39, 0.29) is 11.1 Å². The van der Waals surface area contributed by atoms with Crippen molar-refractivity contribution in [3.05, 3.63) is 29.6 Å². The maximum absolute atomic E-state index is 12.1. The molecule has 0 radical (unpaired) electrons. The number of carbonyl (C=O) groups excluding carboxylic acids is 1. The number of carbonyl (C=O) groups is 2. The Morgan fingerprint density at radius 2 is 2.05 bits per heavy atom. The van der Waals surface area contributed by atoms with Crippen LogP contribution in [0.5, 0.6) is 0 Å². The molecule has 0 saturated heterocycles. The lowest BCUT2D eigenvalue weighted by Crippen LogP contribution is -2.41. The van der Waals surface area contributed by atoms with Gasteiger partial charge in [-0.15, -0.1) is 0 Å². The monoisotopic (exact) mass is 278 g/mol. The predicted octanol–water partition coefficient (Wildman–Crippen LogP) is 2.40. The Bertz CT molecular complexity index is 492. The van der Waals surface area contributed by atoms with E-state index < -0.39 is 17.9 Å². The molecular weight excluding hydrogens is 256 g/mol. The van der Waals surface area contributed by atoms with Crippen LogP contribution in [0.4, 0.5) is 0 Å². The van der Waals surface area contributed by atoms with Crippen LogP contribution >= 0.6 is 0 Å². The van der Waals surface area contributed by atoms with Gasteiger partial charge < -0.3 is 10.4 Å². The average molecular weight is 278 g/mol. The molecule has 20 heavy (non-hydrogen) atoms. The number of pyridine rings is 1. The highest BCUT2D eigenvalue weighted by molar-refractivity contribution is 5.96. The number of rotatable bonds is 5. The molecule has 0 aliphatic heterocycles.